The maximum Gasteiger partial charge on any atom is 0.270 e. The van der Waals surface area contributed by atoms with Crippen molar-refractivity contribution in [1.29, 1.82) is 0 Å². The molecule has 112 valence electrons. The van der Waals surface area contributed by atoms with E-state index < -0.39 is 0 Å². The number of hydrogen-bond donors (Lipinski definition) is 2. The number of rotatable bonds is 7. The summed E-state index contributed by atoms with van der Waals surface area (Å²) in [5.74, 6) is 0.608. The van der Waals surface area contributed by atoms with Crippen LogP contribution in [-0.4, -0.2) is 30.1 Å². The SMILES string of the molecule is CC(CNC(=O)c1csc(CCN)n1)Oc1ccccc1. The predicted molar refractivity (Wildman–Crippen MR) is 83.7 cm³/mol. The van der Waals surface area contributed by atoms with Gasteiger partial charge in [0.05, 0.1) is 11.6 Å². The molecule has 2 rings (SSSR count). The maximum atomic E-state index is 12.0. The molecule has 0 saturated carbocycles. The van der Waals surface area contributed by atoms with Crippen LogP contribution in [0.2, 0.25) is 0 Å². The molecule has 1 aromatic carbocycles. The topological polar surface area (TPSA) is 77.2 Å². The standard InChI is InChI=1S/C15H19N3O2S/c1-11(20-12-5-3-2-4-6-12)9-17-15(19)13-10-21-14(18-13)7-8-16/h2-6,10-11H,7-9,16H2,1H3,(H,17,19). The summed E-state index contributed by atoms with van der Waals surface area (Å²) >= 11 is 1.46. The number of nitrogens with zero attached hydrogens (tertiary/aromatic N) is 1. The van der Waals surface area contributed by atoms with Crippen molar-refractivity contribution in [3.63, 3.8) is 0 Å². The predicted octanol–water partition coefficient (Wildman–Crippen LogP) is 1.84. The number of carbonyl (C=O) groups is 1. The van der Waals surface area contributed by atoms with Gasteiger partial charge in [-0.05, 0) is 25.6 Å². The second-order valence-corrected chi connectivity index (χ2v) is 5.56. The minimum atomic E-state index is -0.182. The summed E-state index contributed by atoms with van der Waals surface area (Å²) in [6.45, 7) is 2.88. The Labute approximate surface area is 128 Å². The summed E-state index contributed by atoms with van der Waals surface area (Å²) in [6, 6.07) is 9.53. The zero-order valence-corrected chi connectivity index (χ0v) is 12.7. The molecule has 0 aliphatic carbocycles. The molecule has 0 bridgehead atoms. The number of aromatic nitrogens is 1. The zero-order chi connectivity index (χ0) is 15.1. The Kier molecular flexibility index (Phi) is 5.71. The molecule has 0 saturated heterocycles. The van der Waals surface area contributed by atoms with Crippen molar-refractivity contribution in [2.75, 3.05) is 13.1 Å². The fourth-order valence-corrected chi connectivity index (χ4v) is 2.55. The van der Waals surface area contributed by atoms with Crippen molar-refractivity contribution in [2.24, 2.45) is 5.73 Å². The Morgan fingerprint density at radius 1 is 1.43 bits per heavy atom. The lowest BCUT2D eigenvalue weighted by molar-refractivity contribution is 0.0927. The van der Waals surface area contributed by atoms with E-state index in [0.29, 0.717) is 25.2 Å². The summed E-state index contributed by atoms with van der Waals surface area (Å²) in [7, 11) is 0. The van der Waals surface area contributed by atoms with Gasteiger partial charge in [-0.25, -0.2) is 4.98 Å². The van der Waals surface area contributed by atoms with Crippen LogP contribution in [0, 0.1) is 0 Å². The van der Waals surface area contributed by atoms with Gasteiger partial charge in [-0.1, -0.05) is 18.2 Å². The van der Waals surface area contributed by atoms with Crippen LogP contribution >= 0.6 is 11.3 Å². The molecule has 6 heteroatoms. The number of ether oxygens (including phenoxy) is 1. The molecule has 0 radical (unpaired) electrons. The Balaban J connectivity index is 1.80. The largest absolute Gasteiger partial charge is 0.489 e. The minimum Gasteiger partial charge on any atom is -0.489 e. The molecule has 1 atom stereocenters. The van der Waals surface area contributed by atoms with E-state index in [9.17, 15) is 4.79 Å². The molecule has 2 aromatic rings. The van der Waals surface area contributed by atoms with E-state index in [1.165, 1.54) is 11.3 Å². The number of hydrogen-bond acceptors (Lipinski definition) is 5. The lowest BCUT2D eigenvalue weighted by Gasteiger charge is -2.14. The first-order valence-corrected chi connectivity index (χ1v) is 7.71. The molecule has 1 heterocycles. The lowest BCUT2D eigenvalue weighted by atomic mass is 10.3. The monoisotopic (exact) mass is 305 g/mol. The van der Waals surface area contributed by atoms with E-state index in [0.717, 1.165) is 10.8 Å². The molecule has 5 nitrogen and oxygen atoms in total. The number of carbonyl (C=O) groups excluding carboxylic acids is 1. The first kappa shape index (κ1) is 15.5. The molecule has 3 N–H and O–H groups in total. The smallest absolute Gasteiger partial charge is 0.270 e. The van der Waals surface area contributed by atoms with E-state index in [4.69, 9.17) is 10.5 Å². The van der Waals surface area contributed by atoms with Crippen LogP contribution in [0.4, 0.5) is 0 Å². The van der Waals surface area contributed by atoms with Gasteiger partial charge in [0.2, 0.25) is 0 Å². The van der Waals surface area contributed by atoms with Crippen molar-refractivity contribution in [1.82, 2.24) is 10.3 Å². The van der Waals surface area contributed by atoms with Crippen molar-refractivity contribution >= 4 is 17.2 Å². The van der Waals surface area contributed by atoms with Gasteiger partial charge in [-0.3, -0.25) is 4.79 Å². The Morgan fingerprint density at radius 3 is 2.90 bits per heavy atom. The second kappa shape index (κ2) is 7.75. The van der Waals surface area contributed by atoms with Crippen molar-refractivity contribution in [3.8, 4) is 5.75 Å². The summed E-state index contributed by atoms with van der Waals surface area (Å²) in [6.07, 6.45) is 0.587. The van der Waals surface area contributed by atoms with Crippen LogP contribution in [0.3, 0.4) is 0 Å². The number of nitrogens with one attached hydrogen (secondary N) is 1. The third-order valence-electron chi connectivity index (χ3n) is 2.77. The molecule has 0 aliphatic heterocycles. The fraction of sp³-hybridized carbons (Fsp3) is 0.333. The number of amides is 1. The van der Waals surface area contributed by atoms with Crippen molar-refractivity contribution in [2.45, 2.75) is 19.4 Å². The highest BCUT2D eigenvalue weighted by atomic mass is 32.1. The van der Waals surface area contributed by atoms with Crippen molar-refractivity contribution < 1.29 is 9.53 Å². The van der Waals surface area contributed by atoms with Crippen LogP contribution in [-0.2, 0) is 6.42 Å². The van der Waals surface area contributed by atoms with Gasteiger partial charge in [-0.15, -0.1) is 11.3 Å². The van der Waals surface area contributed by atoms with E-state index in [1.54, 1.807) is 5.38 Å². The molecular weight excluding hydrogens is 286 g/mol. The fourth-order valence-electron chi connectivity index (χ4n) is 1.75. The molecule has 21 heavy (non-hydrogen) atoms. The van der Waals surface area contributed by atoms with Crippen LogP contribution in [0.1, 0.15) is 22.4 Å². The van der Waals surface area contributed by atoms with Gasteiger partial charge < -0.3 is 15.8 Å². The average Bonchev–Trinajstić information content (AvgIpc) is 2.95. The first-order valence-electron chi connectivity index (χ1n) is 6.83. The zero-order valence-electron chi connectivity index (χ0n) is 11.9. The third kappa shape index (κ3) is 4.84. The molecule has 0 fully saturated rings. The molecule has 1 aromatic heterocycles. The number of para-hydroxylation sites is 1. The Morgan fingerprint density at radius 2 is 2.19 bits per heavy atom. The van der Waals surface area contributed by atoms with E-state index in [-0.39, 0.29) is 12.0 Å². The van der Waals surface area contributed by atoms with Crippen molar-refractivity contribution in [3.05, 3.63) is 46.4 Å². The Hall–Kier alpha value is -1.92. The average molecular weight is 305 g/mol. The summed E-state index contributed by atoms with van der Waals surface area (Å²) < 4.78 is 5.70. The highest BCUT2D eigenvalue weighted by Crippen LogP contribution is 2.11. The van der Waals surface area contributed by atoms with Gasteiger partial charge in [0, 0.05) is 11.8 Å². The molecular formula is C15H19N3O2S. The number of nitrogens with two attached hydrogens (primary N) is 1. The highest BCUT2D eigenvalue weighted by Gasteiger charge is 2.12. The van der Waals surface area contributed by atoms with Crippen LogP contribution in [0.15, 0.2) is 35.7 Å². The normalized spacial score (nSPS) is 11.9. The summed E-state index contributed by atoms with van der Waals surface area (Å²) in [5, 5.41) is 5.46. The highest BCUT2D eigenvalue weighted by molar-refractivity contribution is 7.09. The quantitative estimate of drug-likeness (QED) is 0.818. The van der Waals surface area contributed by atoms with Gasteiger partial charge in [0.1, 0.15) is 17.5 Å². The van der Waals surface area contributed by atoms with Gasteiger partial charge in [0.15, 0.2) is 0 Å². The van der Waals surface area contributed by atoms with E-state index in [2.05, 4.69) is 10.3 Å². The molecule has 0 aliphatic rings. The number of thiazole rings is 1. The third-order valence-corrected chi connectivity index (χ3v) is 3.68. The second-order valence-electron chi connectivity index (χ2n) is 4.62. The molecule has 1 amide bonds. The molecule has 0 spiro atoms. The summed E-state index contributed by atoms with van der Waals surface area (Å²) in [4.78, 5) is 16.2. The number of benzene rings is 1. The van der Waals surface area contributed by atoms with Gasteiger partial charge in [0.25, 0.3) is 5.91 Å². The first-order chi connectivity index (χ1) is 10.2. The van der Waals surface area contributed by atoms with E-state index >= 15 is 0 Å². The van der Waals surface area contributed by atoms with Gasteiger partial charge >= 0.3 is 0 Å². The van der Waals surface area contributed by atoms with Gasteiger partial charge in [-0.2, -0.15) is 0 Å². The summed E-state index contributed by atoms with van der Waals surface area (Å²) in [5.41, 5.74) is 5.91. The molecule has 1 unspecified atom stereocenters. The van der Waals surface area contributed by atoms with Crippen LogP contribution in [0.25, 0.3) is 0 Å². The lowest BCUT2D eigenvalue weighted by Crippen LogP contribution is -2.33. The minimum absolute atomic E-state index is 0.113. The Bertz CT molecular complexity index is 571. The van der Waals surface area contributed by atoms with E-state index in [1.807, 2.05) is 37.3 Å². The van der Waals surface area contributed by atoms with Crippen LogP contribution in [0.5, 0.6) is 5.75 Å². The maximum absolute atomic E-state index is 12.0. The van der Waals surface area contributed by atoms with Crippen LogP contribution < -0.4 is 15.8 Å².